The van der Waals surface area contributed by atoms with Crippen molar-refractivity contribution < 1.29 is 13.2 Å². The predicted octanol–water partition coefficient (Wildman–Crippen LogP) is 4.22. The molecule has 6 nitrogen and oxygen atoms in total. The first-order valence-corrected chi connectivity index (χ1v) is 11.7. The average molecular weight is 428 g/mol. The number of amides is 1. The van der Waals surface area contributed by atoms with Gasteiger partial charge in [-0.15, -0.1) is 11.3 Å². The van der Waals surface area contributed by atoms with E-state index in [2.05, 4.69) is 10.3 Å². The predicted molar refractivity (Wildman–Crippen MR) is 117 cm³/mol. The summed E-state index contributed by atoms with van der Waals surface area (Å²) in [5, 5.41) is 3.36. The number of benzene rings is 2. The number of sulfonamides is 1. The van der Waals surface area contributed by atoms with E-state index >= 15 is 0 Å². The number of carbonyl (C=O) groups excluding carboxylic acids is 1. The van der Waals surface area contributed by atoms with Crippen LogP contribution in [0.1, 0.15) is 27.2 Å². The number of thiazole rings is 1. The molecule has 1 fully saturated rings. The number of hydrogen-bond acceptors (Lipinski definition) is 5. The molecule has 1 aliphatic heterocycles. The average Bonchev–Trinajstić information content (AvgIpc) is 3.23. The molecule has 0 atom stereocenters. The molecule has 0 spiro atoms. The smallest absolute Gasteiger partial charge is 0.257 e. The Morgan fingerprint density at radius 2 is 1.90 bits per heavy atom. The molecule has 1 saturated heterocycles. The number of rotatable bonds is 4. The van der Waals surface area contributed by atoms with Crippen molar-refractivity contribution >= 4 is 38.1 Å². The Kier molecular flexibility index (Phi) is 5.14. The van der Waals surface area contributed by atoms with Gasteiger partial charge in [-0.1, -0.05) is 35.9 Å². The van der Waals surface area contributed by atoms with Crippen molar-refractivity contribution in [2.24, 2.45) is 0 Å². The van der Waals surface area contributed by atoms with Crippen LogP contribution >= 0.6 is 11.3 Å². The molecule has 29 heavy (non-hydrogen) atoms. The molecule has 1 aliphatic rings. The standard InChI is InChI=1S/C21H21N3O3S2/c1-14-7-9-16(10-8-14)19-15(2)28-21(22-19)23-20(25)17-5-3-6-18(13-17)24-11-4-12-29(24,26)27/h3,5-10,13H,4,11-12H2,1-2H3,(H,22,23,25). The number of nitrogens with zero attached hydrogens (tertiary/aromatic N) is 2. The summed E-state index contributed by atoms with van der Waals surface area (Å²) in [6, 6.07) is 14.8. The summed E-state index contributed by atoms with van der Waals surface area (Å²) in [6.07, 6.45) is 0.596. The third-order valence-electron chi connectivity index (χ3n) is 4.84. The topological polar surface area (TPSA) is 79.4 Å². The lowest BCUT2D eigenvalue weighted by atomic mass is 10.1. The van der Waals surface area contributed by atoms with Crippen LogP contribution in [0.15, 0.2) is 48.5 Å². The molecule has 0 radical (unpaired) electrons. The molecule has 4 rings (SSSR count). The van der Waals surface area contributed by atoms with Crippen LogP contribution in [0.4, 0.5) is 10.8 Å². The van der Waals surface area contributed by atoms with Crippen LogP contribution in [0.25, 0.3) is 11.3 Å². The van der Waals surface area contributed by atoms with Gasteiger partial charge in [0, 0.05) is 22.5 Å². The van der Waals surface area contributed by atoms with Gasteiger partial charge in [-0.2, -0.15) is 0 Å². The maximum absolute atomic E-state index is 12.7. The largest absolute Gasteiger partial charge is 0.298 e. The highest BCUT2D eigenvalue weighted by molar-refractivity contribution is 7.93. The van der Waals surface area contributed by atoms with Crippen molar-refractivity contribution in [1.82, 2.24) is 4.98 Å². The van der Waals surface area contributed by atoms with Gasteiger partial charge in [-0.25, -0.2) is 13.4 Å². The van der Waals surface area contributed by atoms with Gasteiger partial charge >= 0.3 is 0 Å². The van der Waals surface area contributed by atoms with Gasteiger partial charge in [0.05, 0.1) is 17.1 Å². The number of aryl methyl sites for hydroxylation is 2. The zero-order valence-corrected chi connectivity index (χ0v) is 17.8. The molecule has 1 amide bonds. The normalized spacial score (nSPS) is 15.4. The van der Waals surface area contributed by atoms with Gasteiger partial charge < -0.3 is 0 Å². The lowest BCUT2D eigenvalue weighted by molar-refractivity contribution is 0.102. The summed E-state index contributed by atoms with van der Waals surface area (Å²) in [7, 11) is -3.29. The number of anilines is 2. The Hall–Kier alpha value is -2.71. The minimum atomic E-state index is -3.29. The Labute approximate surface area is 174 Å². The van der Waals surface area contributed by atoms with Crippen LogP contribution in [0.2, 0.25) is 0 Å². The Balaban J connectivity index is 1.55. The van der Waals surface area contributed by atoms with Crippen LogP contribution in [0.3, 0.4) is 0 Å². The number of carbonyl (C=O) groups is 1. The molecule has 0 saturated carbocycles. The molecule has 0 unspecified atom stereocenters. The highest BCUT2D eigenvalue weighted by atomic mass is 32.2. The maximum atomic E-state index is 12.7. The summed E-state index contributed by atoms with van der Waals surface area (Å²) in [6.45, 7) is 4.45. The highest BCUT2D eigenvalue weighted by Gasteiger charge is 2.28. The van der Waals surface area contributed by atoms with Gasteiger partial charge in [0.2, 0.25) is 10.0 Å². The van der Waals surface area contributed by atoms with Crippen LogP contribution in [0.5, 0.6) is 0 Å². The fourth-order valence-electron chi connectivity index (χ4n) is 3.33. The monoisotopic (exact) mass is 427 g/mol. The van der Waals surface area contributed by atoms with E-state index in [-0.39, 0.29) is 11.7 Å². The van der Waals surface area contributed by atoms with Crippen LogP contribution < -0.4 is 9.62 Å². The Bertz CT molecular complexity index is 1170. The second-order valence-electron chi connectivity index (χ2n) is 7.04. The van der Waals surface area contributed by atoms with E-state index in [4.69, 9.17) is 0 Å². The van der Waals surface area contributed by atoms with Crippen LogP contribution in [0, 0.1) is 13.8 Å². The molecule has 0 bridgehead atoms. The molecule has 150 valence electrons. The third-order valence-corrected chi connectivity index (χ3v) is 7.59. The van der Waals surface area contributed by atoms with E-state index in [1.165, 1.54) is 21.2 Å². The molecule has 0 aliphatic carbocycles. The summed E-state index contributed by atoms with van der Waals surface area (Å²) < 4.78 is 25.7. The van der Waals surface area contributed by atoms with E-state index in [9.17, 15) is 13.2 Å². The molecule has 8 heteroatoms. The van der Waals surface area contributed by atoms with E-state index in [1.807, 2.05) is 38.1 Å². The van der Waals surface area contributed by atoms with Gasteiger partial charge in [-0.3, -0.25) is 14.4 Å². The first-order valence-electron chi connectivity index (χ1n) is 9.30. The number of hydrogen-bond donors (Lipinski definition) is 1. The van der Waals surface area contributed by atoms with E-state index in [0.29, 0.717) is 29.3 Å². The molecule has 2 heterocycles. The van der Waals surface area contributed by atoms with Crippen molar-refractivity contribution in [3.63, 3.8) is 0 Å². The molecular weight excluding hydrogens is 406 g/mol. The van der Waals surface area contributed by atoms with Crippen molar-refractivity contribution in [2.45, 2.75) is 20.3 Å². The summed E-state index contributed by atoms with van der Waals surface area (Å²) in [5.41, 5.74) is 3.95. The lowest BCUT2D eigenvalue weighted by Crippen LogP contribution is -2.25. The second-order valence-corrected chi connectivity index (χ2v) is 10.3. The SMILES string of the molecule is Cc1ccc(-c2nc(NC(=O)c3cccc(N4CCCS4(=O)=O)c3)sc2C)cc1. The van der Waals surface area contributed by atoms with E-state index in [1.54, 1.807) is 24.3 Å². The summed E-state index contributed by atoms with van der Waals surface area (Å²) >= 11 is 1.42. The Morgan fingerprint density at radius 3 is 2.59 bits per heavy atom. The zero-order chi connectivity index (χ0) is 20.6. The van der Waals surface area contributed by atoms with Crippen molar-refractivity contribution in [3.05, 3.63) is 64.5 Å². The van der Waals surface area contributed by atoms with Crippen molar-refractivity contribution in [1.29, 1.82) is 0 Å². The first-order chi connectivity index (χ1) is 13.8. The van der Waals surface area contributed by atoms with Gasteiger partial charge in [0.15, 0.2) is 5.13 Å². The molecular formula is C21H21N3O3S2. The third kappa shape index (κ3) is 4.04. The van der Waals surface area contributed by atoms with Crippen molar-refractivity contribution in [3.8, 4) is 11.3 Å². The maximum Gasteiger partial charge on any atom is 0.257 e. The minimum absolute atomic E-state index is 0.142. The Morgan fingerprint density at radius 1 is 1.14 bits per heavy atom. The van der Waals surface area contributed by atoms with E-state index in [0.717, 1.165) is 16.1 Å². The van der Waals surface area contributed by atoms with Gasteiger partial charge in [0.1, 0.15) is 0 Å². The van der Waals surface area contributed by atoms with Crippen LogP contribution in [-0.2, 0) is 10.0 Å². The fourth-order valence-corrected chi connectivity index (χ4v) is 5.72. The molecule has 2 aromatic carbocycles. The van der Waals surface area contributed by atoms with E-state index < -0.39 is 10.0 Å². The fraction of sp³-hybridized carbons (Fsp3) is 0.238. The minimum Gasteiger partial charge on any atom is -0.298 e. The lowest BCUT2D eigenvalue weighted by Gasteiger charge is -2.17. The number of aromatic nitrogens is 1. The molecule has 1 aromatic heterocycles. The number of nitrogens with one attached hydrogen (secondary N) is 1. The first kappa shape index (κ1) is 19.6. The quantitative estimate of drug-likeness (QED) is 0.676. The molecule has 3 aromatic rings. The van der Waals surface area contributed by atoms with Crippen molar-refractivity contribution in [2.75, 3.05) is 21.9 Å². The zero-order valence-electron chi connectivity index (χ0n) is 16.2. The second kappa shape index (κ2) is 7.61. The van der Waals surface area contributed by atoms with Gasteiger partial charge in [0.25, 0.3) is 5.91 Å². The van der Waals surface area contributed by atoms with Gasteiger partial charge in [-0.05, 0) is 38.5 Å². The highest BCUT2D eigenvalue weighted by Crippen LogP contribution is 2.31. The summed E-state index contributed by atoms with van der Waals surface area (Å²) in [5.74, 6) is -0.170. The summed E-state index contributed by atoms with van der Waals surface area (Å²) in [4.78, 5) is 18.3. The molecule has 1 N–H and O–H groups in total. The van der Waals surface area contributed by atoms with Crippen LogP contribution in [-0.4, -0.2) is 31.6 Å².